The van der Waals surface area contributed by atoms with Gasteiger partial charge in [0, 0.05) is 5.56 Å². The normalized spacial score (nSPS) is 15.5. The summed E-state index contributed by atoms with van der Waals surface area (Å²) in [5, 5.41) is 1.26. The first kappa shape index (κ1) is 17.4. The smallest absolute Gasteiger partial charge is 0.142 e. The van der Waals surface area contributed by atoms with E-state index in [-0.39, 0.29) is 0 Å². The summed E-state index contributed by atoms with van der Waals surface area (Å²) < 4.78 is 5.76. The molecule has 1 aliphatic heterocycles. The maximum atomic E-state index is 6.12. The third-order valence-electron chi connectivity index (χ3n) is 4.41. The Morgan fingerprint density at radius 2 is 1.79 bits per heavy atom. The highest BCUT2D eigenvalue weighted by Crippen LogP contribution is 2.28. The summed E-state index contributed by atoms with van der Waals surface area (Å²) in [6.07, 6.45) is 0. The fourth-order valence-corrected chi connectivity index (χ4v) is 3.50. The summed E-state index contributed by atoms with van der Waals surface area (Å²) in [5.41, 5.74) is 2.44. The second kappa shape index (κ2) is 8.11. The van der Waals surface area contributed by atoms with Gasteiger partial charge in [0.05, 0.1) is 48.5 Å². The van der Waals surface area contributed by atoms with Gasteiger partial charge in [-0.1, -0.05) is 41.4 Å². The average molecular weight is 366 g/mol. The zero-order valence-corrected chi connectivity index (χ0v) is 15.4. The largest absolute Gasteiger partial charge is 0.492 e. The zero-order chi connectivity index (χ0) is 16.9. The number of ether oxygens (including phenoxy) is 1. The Kier molecular flexibility index (Phi) is 5.88. The minimum absolute atomic E-state index is 0.618. The van der Waals surface area contributed by atoms with E-state index in [1.54, 1.807) is 4.90 Å². The first-order valence-electron chi connectivity index (χ1n) is 8.41. The molecule has 1 heterocycles. The fourth-order valence-electron chi connectivity index (χ4n) is 3.17. The number of piperazine rings is 1. The Morgan fingerprint density at radius 3 is 2.50 bits per heavy atom. The molecule has 1 fully saturated rings. The van der Waals surface area contributed by atoms with Gasteiger partial charge in [0.2, 0.25) is 0 Å². The van der Waals surface area contributed by atoms with Gasteiger partial charge in [-0.15, -0.1) is 0 Å². The van der Waals surface area contributed by atoms with E-state index < -0.39 is 0 Å². The van der Waals surface area contributed by atoms with Crippen LogP contribution < -0.4 is 14.5 Å². The van der Waals surface area contributed by atoms with Crippen molar-refractivity contribution in [3.05, 3.63) is 58.1 Å². The summed E-state index contributed by atoms with van der Waals surface area (Å²) >= 11 is 12.1. The standard InChI is InChI=1S/C19H22Cl2N2O/c1-2-24-19-6-4-3-5-18(19)23-11-9-22(10-12-23)14-15-7-8-16(20)17(21)13-15/h3-8,13H,2,9-12,14H2,1H3/p+1. The first-order chi connectivity index (χ1) is 11.7. The molecule has 0 saturated carbocycles. The van der Waals surface area contributed by atoms with Gasteiger partial charge in [-0.2, -0.15) is 0 Å². The van der Waals surface area contributed by atoms with Crippen LogP contribution in [0, 0.1) is 0 Å². The van der Waals surface area contributed by atoms with Gasteiger partial charge in [-0.05, 0) is 31.2 Å². The number of rotatable bonds is 5. The van der Waals surface area contributed by atoms with Gasteiger partial charge < -0.3 is 14.5 Å². The van der Waals surface area contributed by atoms with Crippen molar-refractivity contribution < 1.29 is 9.64 Å². The van der Waals surface area contributed by atoms with E-state index in [0.29, 0.717) is 16.7 Å². The molecule has 0 unspecified atom stereocenters. The van der Waals surface area contributed by atoms with Gasteiger partial charge in [-0.3, -0.25) is 0 Å². The van der Waals surface area contributed by atoms with Crippen molar-refractivity contribution in [2.45, 2.75) is 13.5 Å². The minimum Gasteiger partial charge on any atom is -0.492 e. The second-order valence-corrected chi connectivity index (χ2v) is 6.88. The second-order valence-electron chi connectivity index (χ2n) is 6.06. The quantitative estimate of drug-likeness (QED) is 0.875. The number of anilines is 1. The Bertz CT molecular complexity index is 685. The number of nitrogens with one attached hydrogen (secondary N) is 1. The number of para-hydroxylation sites is 2. The van der Waals surface area contributed by atoms with E-state index in [2.05, 4.69) is 23.1 Å². The van der Waals surface area contributed by atoms with Crippen LogP contribution in [0.25, 0.3) is 0 Å². The molecule has 2 aromatic carbocycles. The molecule has 0 radical (unpaired) electrons. The van der Waals surface area contributed by atoms with Crippen LogP contribution in [0.3, 0.4) is 0 Å². The topological polar surface area (TPSA) is 16.9 Å². The van der Waals surface area contributed by atoms with E-state index in [0.717, 1.165) is 38.5 Å². The molecule has 0 bridgehead atoms. The Hall–Kier alpha value is -1.42. The lowest BCUT2D eigenvalue weighted by Crippen LogP contribution is -3.13. The molecule has 0 atom stereocenters. The van der Waals surface area contributed by atoms with Crippen molar-refractivity contribution in [3.63, 3.8) is 0 Å². The number of nitrogens with zero attached hydrogens (tertiary/aromatic N) is 1. The highest BCUT2D eigenvalue weighted by molar-refractivity contribution is 6.42. The molecule has 3 nitrogen and oxygen atoms in total. The van der Waals surface area contributed by atoms with Crippen LogP contribution in [0.1, 0.15) is 12.5 Å². The molecule has 5 heteroatoms. The van der Waals surface area contributed by atoms with Crippen LogP contribution in [-0.4, -0.2) is 32.8 Å². The lowest BCUT2D eigenvalue weighted by atomic mass is 10.2. The first-order valence-corrected chi connectivity index (χ1v) is 9.17. The molecule has 1 aliphatic rings. The molecule has 0 aliphatic carbocycles. The summed E-state index contributed by atoms with van der Waals surface area (Å²) in [6, 6.07) is 14.2. The number of benzene rings is 2. The zero-order valence-electron chi connectivity index (χ0n) is 13.9. The van der Waals surface area contributed by atoms with Crippen molar-refractivity contribution in [3.8, 4) is 5.75 Å². The van der Waals surface area contributed by atoms with Crippen molar-refractivity contribution in [1.29, 1.82) is 0 Å². The van der Waals surface area contributed by atoms with Gasteiger partial charge in [0.25, 0.3) is 0 Å². The predicted octanol–water partition coefficient (Wildman–Crippen LogP) is 3.30. The third kappa shape index (κ3) is 4.15. The molecule has 0 spiro atoms. The molecule has 2 aromatic rings. The van der Waals surface area contributed by atoms with E-state index in [1.807, 2.05) is 31.2 Å². The Labute approximate surface area is 153 Å². The highest BCUT2D eigenvalue weighted by atomic mass is 35.5. The molecule has 1 N–H and O–H groups in total. The van der Waals surface area contributed by atoms with Crippen LogP contribution in [0.15, 0.2) is 42.5 Å². The summed E-state index contributed by atoms with van der Waals surface area (Å²) in [6.45, 7) is 7.95. The van der Waals surface area contributed by atoms with Gasteiger partial charge >= 0.3 is 0 Å². The summed E-state index contributed by atoms with van der Waals surface area (Å²) in [7, 11) is 0. The van der Waals surface area contributed by atoms with E-state index in [4.69, 9.17) is 27.9 Å². The molecule has 128 valence electrons. The number of hydrogen-bond acceptors (Lipinski definition) is 2. The number of quaternary nitrogens is 1. The van der Waals surface area contributed by atoms with Gasteiger partial charge in [-0.25, -0.2) is 0 Å². The molecular formula is C19H23Cl2N2O+. The van der Waals surface area contributed by atoms with Crippen LogP contribution in [0.4, 0.5) is 5.69 Å². The lowest BCUT2D eigenvalue weighted by Gasteiger charge is -2.34. The molecule has 24 heavy (non-hydrogen) atoms. The van der Waals surface area contributed by atoms with Crippen molar-refractivity contribution >= 4 is 28.9 Å². The van der Waals surface area contributed by atoms with Crippen molar-refractivity contribution in [1.82, 2.24) is 0 Å². The minimum atomic E-state index is 0.618. The monoisotopic (exact) mass is 365 g/mol. The van der Waals surface area contributed by atoms with E-state index in [9.17, 15) is 0 Å². The maximum Gasteiger partial charge on any atom is 0.142 e. The average Bonchev–Trinajstić information content (AvgIpc) is 2.60. The lowest BCUT2D eigenvalue weighted by molar-refractivity contribution is -0.914. The maximum absolute atomic E-state index is 6.12. The van der Waals surface area contributed by atoms with Gasteiger partial charge in [0.1, 0.15) is 12.3 Å². The SMILES string of the molecule is CCOc1ccccc1N1CC[NH+](Cc2ccc(Cl)c(Cl)c2)CC1. The number of halogens is 2. The van der Waals surface area contributed by atoms with Crippen LogP contribution in [0.2, 0.25) is 10.0 Å². The van der Waals surface area contributed by atoms with E-state index >= 15 is 0 Å². The Balaban J connectivity index is 1.60. The number of hydrogen-bond donors (Lipinski definition) is 1. The van der Waals surface area contributed by atoms with Crippen molar-refractivity contribution in [2.75, 3.05) is 37.7 Å². The predicted molar refractivity (Wildman–Crippen MR) is 101 cm³/mol. The van der Waals surface area contributed by atoms with Crippen molar-refractivity contribution in [2.24, 2.45) is 0 Å². The summed E-state index contributed by atoms with van der Waals surface area (Å²) in [4.78, 5) is 3.99. The Morgan fingerprint density at radius 1 is 1.04 bits per heavy atom. The van der Waals surface area contributed by atoms with Crippen LogP contribution in [0.5, 0.6) is 5.75 Å². The van der Waals surface area contributed by atoms with Crippen LogP contribution >= 0.6 is 23.2 Å². The van der Waals surface area contributed by atoms with Crippen LogP contribution in [-0.2, 0) is 6.54 Å². The fraction of sp³-hybridized carbons (Fsp3) is 0.368. The van der Waals surface area contributed by atoms with E-state index in [1.165, 1.54) is 11.3 Å². The van der Waals surface area contributed by atoms with Gasteiger partial charge in [0.15, 0.2) is 0 Å². The molecule has 0 amide bonds. The molecule has 0 aromatic heterocycles. The third-order valence-corrected chi connectivity index (χ3v) is 5.15. The molecular weight excluding hydrogens is 343 g/mol. The highest BCUT2D eigenvalue weighted by Gasteiger charge is 2.22. The molecule has 1 saturated heterocycles. The molecule has 3 rings (SSSR count). The summed E-state index contributed by atoms with van der Waals surface area (Å²) in [5.74, 6) is 0.980.